The Bertz CT molecular complexity index is 828. The quantitative estimate of drug-likeness (QED) is 0.669. The number of halogens is 1. The van der Waals surface area contributed by atoms with Crippen molar-refractivity contribution in [2.45, 2.75) is 5.41 Å². The van der Waals surface area contributed by atoms with Crippen LogP contribution in [0.3, 0.4) is 0 Å². The van der Waals surface area contributed by atoms with Crippen LogP contribution in [0, 0.1) is 5.82 Å². The number of primary amides is 1. The number of rotatable bonds is 5. The van der Waals surface area contributed by atoms with E-state index in [0.717, 1.165) is 11.1 Å². The predicted octanol–water partition coefficient (Wildman–Crippen LogP) is 1.95. The number of benzene rings is 2. The van der Waals surface area contributed by atoms with Gasteiger partial charge in [0.2, 0.25) is 5.91 Å². The summed E-state index contributed by atoms with van der Waals surface area (Å²) in [5.74, 6) is -0.961. The van der Waals surface area contributed by atoms with Crippen LogP contribution in [0.5, 0.6) is 0 Å². The molecule has 0 saturated carbocycles. The van der Waals surface area contributed by atoms with Crippen molar-refractivity contribution in [2.75, 3.05) is 6.54 Å². The largest absolute Gasteiger partial charge is 0.369 e. The number of aromatic nitrogens is 2. The number of nitrogens with two attached hydrogens (primary N) is 2. The van der Waals surface area contributed by atoms with Crippen molar-refractivity contribution >= 4 is 5.91 Å². The zero-order valence-corrected chi connectivity index (χ0v) is 12.9. The van der Waals surface area contributed by atoms with E-state index in [1.165, 1.54) is 24.3 Å². The maximum atomic E-state index is 13.2. The van der Waals surface area contributed by atoms with Crippen molar-refractivity contribution < 1.29 is 9.18 Å². The number of amides is 1. The van der Waals surface area contributed by atoms with Crippen molar-refractivity contribution in [3.05, 3.63) is 77.9 Å². The molecule has 0 fully saturated rings. The fourth-order valence-corrected chi connectivity index (χ4v) is 2.88. The predicted molar refractivity (Wildman–Crippen MR) is 89.5 cm³/mol. The second kappa shape index (κ2) is 6.25. The normalized spacial score (nSPS) is 13.4. The topological polar surface area (TPSA) is 97.8 Å². The van der Waals surface area contributed by atoms with Gasteiger partial charge in [-0.05, 0) is 28.8 Å². The minimum Gasteiger partial charge on any atom is -0.369 e. The Labute approximate surface area is 138 Å². The van der Waals surface area contributed by atoms with Crippen LogP contribution in [0.2, 0.25) is 0 Å². The van der Waals surface area contributed by atoms with E-state index >= 15 is 0 Å². The van der Waals surface area contributed by atoms with Crippen molar-refractivity contribution in [1.82, 2.24) is 10.2 Å². The number of H-pyrrole nitrogens is 1. The highest BCUT2D eigenvalue weighted by Crippen LogP contribution is 2.33. The van der Waals surface area contributed by atoms with E-state index in [1.54, 1.807) is 12.4 Å². The molecule has 0 radical (unpaired) electrons. The molecule has 3 aromatic rings. The number of hydrogen-bond acceptors (Lipinski definition) is 3. The minimum atomic E-state index is -1.21. The van der Waals surface area contributed by atoms with Crippen molar-refractivity contribution in [3.8, 4) is 11.1 Å². The number of carbonyl (C=O) groups is 1. The first-order valence-electron chi connectivity index (χ1n) is 7.43. The molecule has 1 heterocycles. The summed E-state index contributed by atoms with van der Waals surface area (Å²) in [5.41, 5.74) is 13.5. The molecular formula is C18H17FN4O. The maximum Gasteiger partial charge on any atom is 0.233 e. The highest BCUT2D eigenvalue weighted by molar-refractivity contribution is 5.91. The van der Waals surface area contributed by atoms with Gasteiger partial charge in [-0.2, -0.15) is 5.10 Å². The molecule has 0 spiro atoms. The lowest BCUT2D eigenvalue weighted by Gasteiger charge is -2.30. The third-order valence-electron chi connectivity index (χ3n) is 4.27. The first-order valence-corrected chi connectivity index (χ1v) is 7.43. The molecule has 122 valence electrons. The third kappa shape index (κ3) is 2.57. The number of aromatic amines is 1. The summed E-state index contributed by atoms with van der Waals surface area (Å²) in [4.78, 5) is 12.3. The van der Waals surface area contributed by atoms with Gasteiger partial charge in [-0.1, -0.05) is 36.4 Å². The molecule has 6 heteroatoms. The molecule has 1 aromatic heterocycles. The Morgan fingerprint density at radius 3 is 2.08 bits per heavy atom. The molecule has 1 atom stereocenters. The van der Waals surface area contributed by atoms with Gasteiger partial charge in [-0.15, -0.1) is 0 Å². The first kappa shape index (κ1) is 15.9. The molecule has 0 aliphatic rings. The van der Waals surface area contributed by atoms with Gasteiger partial charge in [0.15, 0.2) is 0 Å². The number of nitrogens with zero attached hydrogens (tertiary/aromatic N) is 1. The summed E-state index contributed by atoms with van der Waals surface area (Å²) >= 11 is 0. The van der Waals surface area contributed by atoms with Gasteiger partial charge in [-0.25, -0.2) is 4.39 Å². The Kier molecular flexibility index (Phi) is 4.14. The van der Waals surface area contributed by atoms with Crippen LogP contribution in [-0.4, -0.2) is 22.6 Å². The summed E-state index contributed by atoms with van der Waals surface area (Å²) in [5, 5.41) is 6.67. The van der Waals surface area contributed by atoms with E-state index in [-0.39, 0.29) is 12.4 Å². The third-order valence-corrected chi connectivity index (χ3v) is 4.27. The highest BCUT2D eigenvalue weighted by Gasteiger charge is 2.39. The molecule has 3 rings (SSSR count). The minimum absolute atomic E-state index is 0.0149. The lowest BCUT2D eigenvalue weighted by molar-refractivity contribution is -0.121. The lowest BCUT2D eigenvalue weighted by Crippen LogP contribution is -2.48. The molecule has 24 heavy (non-hydrogen) atoms. The zero-order chi connectivity index (χ0) is 17.2. The average Bonchev–Trinajstić information content (AvgIpc) is 3.12. The van der Waals surface area contributed by atoms with Crippen LogP contribution in [-0.2, 0) is 10.2 Å². The van der Waals surface area contributed by atoms with E-state index < -0.39 is 11.3 Å². The molecular weight excluding hydrogens is 307 g/mol. The Hall–Kier alpha value is -2.99. The molecule has 1 unspecified atom stereocenters. The van der Waals surface area contributed by atoms with E-state index in [0.29, 0.717) is 11.1 Å². The Balaban J connectivity index is 2.09. The Morgan fingerprint density at radius 1 is 1.04 bits per heavy atom. The van der Waals surface area contributed by atoms with Crippen LogP contribution in [0.1, 0.15) is 11.1 Å². The molecule has 5 nitrogen and oxygen atoms in total. The van der Waals surface area contributed by atoms with Gasteiger partial charge in [0.05, 0.1) is 6.20 Å². The highest BCUT2D eigenvalue weighted by atomic mass is 19.1. The summed E-state index contributed by atoms with van der Waals surface area (Å²) in [6.07, 6.45) is 3.48. The van der Waals surface area contributed by atoms with E-state index in [9.17, 15) is 9.18 Å². The van der Waals surface area contributed by atoms with E-state index in [2.05, 4.69) is 10.2 Å². The fourth-order valence-electron chi connectivity index (χ4n) is 2.88. The van der Waals surface area contributed by atoms with Gasteiger partial charge >= 0.3 is 0 Å². The average molecular weight is 324 g/mol. The number of hydrogen-bond donors (Lipinski definition) is 3. The number of carbonyl (C=O) groups excluding carboxylic acids is 1. The molecule has 0 saturated heterocycles. The summed E-state index contributed by atoms with van der Waals surface area (Å²) in [6.45, 7) is -0.0149. The van der Waals surface area contributed by atoms with E-state index in [1.807, 2.05) is 24.3 Å². The fraction of sp³-hybridized carbons (Fsp3) is 0.111. The van der Waals surface area contributed by atoms with Crippen molar-refractivity contribution in [3.63, 3.8) is 0 Å². The molecule has 0 aliphatic carbocycles. The van der Waals surface area contributed by atoms with Gasteiger partial charge < -0.3 is 11.5 Å². The van der Waals surface area contributed by atoms with Gasteiger partial charge in [-0.3, -0.25) is 9.89 Å². The molecule has 1 amide bonds. The number of nitrogens with one attached hydrogen (secondary N) is 1. The Morgan fingerprint density at radius 2 is 1.62 bits per heavy atom. The second-order valence-corrected chi connectivity index (χ2v) is 5.54. The van der Waals surface area contributed by atoms with E-state index in [4.69, 9.17) is 11.5 Å². The second-order valence-electron chi connectivity index (χ2n) is 5.54. The first-order chi connectivity index (χ1) is 11.6. The van der Waals surface area contributed by atoms with Crippen molar-refractivity contribution in [2.24, 2.45) is 11.5 Å². The van der Waals surface area contributed by atoms with Crippen LogP contribution in [0.25, 0.3) is 11.1 Å². The van der Waals surface area contributed by atoms with Crippen LogP contribution < -0.4 is 11.5 Å². The lowest BCUT2D eigenvalue weighted by atomic mass is 9.73. The summed E-state index contributed by atoms with van der Waals surface area (Å²) < 4.78 is 13.2. The van der Waals surface area contributed by atoms with Gasteiger partial charge in [0.25, 0.3) is 0 Å². The standard InChI is InChI=1S/C18H17FN4O/c19-16-7-5-15(6-8-16)18(11-20,17(21)24)14-3-1-12(2-4-14)13-9-22-23-10-13/h1-10H,11,20H2,(H2,21,24)(H,22,23). The molecule has 5 N–H and O–H groups in total. The van der Waals surface area contributed by atoms with Crippen LogP contribution in [0.15, 0.2) is 60.9 Å². The summed E-state index contributed by atoms with van der Waals surface area (Å²) in [6, 6.07) is 13.0. The van der Waals surface area contributed by atoms with Crippen LogP contribution >= 0.6 is 0 Å². The molecule has 2 aromatic carbocycles. The SMILES string of the molecule is NCC(C(N)=O)(c1ccc(F)cc1)c1ccc(-c2cn[nH]c2)cc1. The molecule has 0 bridgehead atoms. The monoisotopic (exact) mass is 324 g/mol. The van der Waals surface area contributed by atoms with Crippen LogP contribution in [0.4, 0.5) is 4.39 Å². The molecule has 0 aliphatic heterocycles. The van der Waals surface area contributed by atoms with Crippen molar-refractivity contribution in [1.29, 1.82) is 0 Å². The van der Waals surface area contributed by atoms with Gasteiger partial charge in [0, 0.05) is 18.3 Å². The van der Waals surface area contributed by atoms with Gasteiger partial charge in [0.1, 0.15) is 11.2 Å². The zero-order valence-electron chi connectivity index (χ0n) is 12.9. The summed E-state index contributed by atoms with van der Waals surface area (Å²) in [7, 11) is 0. The smallest absolute Gasteiger partial charge is 0.233 e. The maximum absolute atomic E-state index is 13.2.